The number of aryl methyl sites for hydroxylation is 1. The van der Waals surface area contributed by atoms with Crippen LogP contribution in [0.4, 0.5) is 0 Å². The summed E-state index contributed by atoms with van der Waals surface area (Å²) in [7, 11) is 0. The summed E-state index contributed by atoms with van der Waals surface area (Å²) in [5, 5.41) is 19.1. The number of thiophene rings is 1. The topological polar surface area (TPSA) is 107 Å². The van der Waals surface area contributed by atoms with Gasteiger partial charge in [-0.15, -0.1) is 21.5 Å². The van der Waals surface area contributed by atoms with Gasteiger partial charge in [-0.2, -0.15) is 0 Å². The van der Waals surface area contributed by atoms with E-state index in [1.54, 1.807) is 23.5 Å². The van der Waals surface area contributed by atoms with Crippen LogP contribution in [0.15, 0.2) is 59.6 Å². The first-order valence-corrected chi connectivity index (χ1v) is 12.4. The van der Waals surface area contributed by atoms with Crippen molar-refractivity contribution in [1.29, 1.82) is 0 Å². The molecule has 1 aliphatic heterocycles. The Hall–Kier alpha value is -3.82. The van der Waals surface area contributed by atoms with E-state index in [1.807, 2.05) is 42.7 Å². The van der Waals surface area contributed by atoms with Crippen LogP contribution in [0, 0.1) is 6.92 Å². The molecule has 0 saturated carbocycles. The maximum Gasteiger partial charge on any atom is 0.377 e. The number of aliphatic imine (C=N–C) groups is 1. The molecule has 0 aliphatic carbocycles. The lowest BCUT2D eigenvalue weighted by molar-refractivity contribution is -0.131. The number of halogens is 1. The lowest BCUT2D eigenvalue weighted by atomic mass is 10.0. The number of ketones is 1. The third kappa shape index (κ3) is 4.55. The molecule has 1 atom stereocenters. The molecule has 4 aromatic rings. The van der Waals surface area contributed by atoms with Crippen LogP contribution in [0.25, 0.3) is 5.00 Å². The van der Waals surface area contributed by atoms with Crippen LogP contribution >= 0.6 is 22.9 Å². The molecule has 182 valence electrons. The number of ether oxygens (including phenoxy) is 1. The number of fused-ring (bicyclic) bond motifs is 3. The number of aromatic nitrogens is 3. The van der Waals surface area contributed by atoms with Crippen molar-refractivity contribution in [3.8, 4) is 10.8 Å². The Bertz CT molecular complexity index is 1510. The molecule has 0 fully saturated rings. The van der Waals surface area contributed by atoms with Crippen molar-refractivity contribution in [2.75, 3.05) is 0 Å². The van der Waals surface area contributed by atoms with Gasteiger partial charge in [0.25, 0.3) is 5.78 Å². The number of aliphatic carboxylic acids is 1. The van der Waals surface area contributed by atoms with E-state index in [0.29, 0.717) is 23.7 Å². The number of hydrogen-bond donors (Lipinski definition) is 1. The summed E-state index contributed by atoms with van der Waals surface area (Å²) in [6.07, 6.45) is 0.440. The van der Waals surface area contributed by atoms with Crippen molar-refractivity contribution in [1.82, 2.24) is 14.8 Å². The first-order chi connectivity index (χ1) is 17.3. The fourth-order valence-electron chi connectivity index (χ4n) is 4.12. The normalized spacial score (nSPS) is 13.2. The van der Waals surface area contributed by atoms with Crippen molar-refractivity contribution in [3.63, 3.8) is 0 Å². The molecule has 0 saturated heterocycles. The van der Waals surface area contributed by atoms with Gasteiger partial charge in [0.2, 0.25) is 0 Å². The Morgan fingerprint density at radius 1 is 1.14 bits per heavy atom. The predicted molar refractivity (Wildman–Crippen MR) is 137 cm³/mol. The molecule has 5 rings (SSSR count). The Morgan fingerprint density at radius 2 is 1.89 bits per heavy atom. The minimum atomic E-state index is -1.49. The summed E-state index contributed by atoms with van der Waals surface area (Å²) < 4.78 is 8.09. The van der Waals surface area contributed by atoms with Crippen LogP contribution < -0.4 is 4.74 Å². The van der Waals surface area contributed by atoms with Crippen LogP contribution in [0.3, 0.4) is 0 Å². The van der Waals surface area contributed by atoms with E-state index in [1.165, 1.54) is 12.1 Å². The molecular weight excluding hydrogens is 500 g/mol. The molecule has 8 nitrogen and oxygen atoms in total. The van der Waals surface area contributed by atoms with E-state index in [9.17, 15) is 9.59 Å². The first-order valence-electron chi connectivity index (χ1n) is 11.2. The maximum absolute atomic E-state index is 11.6. The predicted octanol–water partition coefficient (Wildman–Crippen LogP) is 4.92. The third-order valence-electron chi connectivity index (χ3n) is 5.76. The van der Waals surface area contributed by atoms with Gasteiger partial charge in [0.1, 0.15) is 29.2 Å². The zero-order chi connectivity index (χ0) is 25.4. The number of Topliss-reactive ketones (excluding diaryl/α,β-unsaturated/α-hetero) is 1. The second kappa shape index (κ2) is 9.67. The number of carbonyl (C=O) groups excluding carboxylic acids is 1. The van der Waals surface area contributed by atoms with Gasteiger partial charge in [-0.05, 0) is 50.2 Å². The molecule has 0 bridgehead atoms. The van der Waals surface area contributed by atoms with E-state index >= 15 is 0 Å². The minimum absolute atomic E-state index is 0.107. The zero-order valence-corrected chi connectivity index (χ0v) is 21.0. The van der Waals surface area contributed by atoms with E-state index in [0.717, 1.165) is 38.4 Å². The second-order valence-electron chi connectivity index (χ2n) is 8.37. The molecule has 36 heavy (non-hydrogen) atoms. The first kappa shape index (κ1) is 23.9. The lowest BCUT2D eigenvalue weighted by Crippen LogP contribution is -2.15. The second-order valence-corrected chi connectivity index (χ2v) is 9.89. The van der Waals surface area contributed by atoms with Gasteiger partial charge in [0.05, 0.1) is 5.71 Å². The molecule has 0 spiro atoms. The quantitative estimate of drug-likeness (QED) is 0.274. The molecular formula is C26H21ClN4O4S. The monoisotopic (exact) mass is 520 g/mol. The average molecular weight is 521 g/mol. The fraction of sp³-hybridized carbons (Fsp3) is 0.192. The van der Waals surface area contributed by atoms with Crippen molar-refractivity contribution in [2.24, 2.45) is 4.99 Å². The Balaban J connectivity index is 1.43. The fourth-order valence-corrected chi connectivity index (χ4v) is 5.69. The molecule has 0 amide bonds. The Kier molecular flexibility index (Phi) is 6.42. The highest BCUT2D eigenvalue weighted by Gasteiger charge is 2.26. The van der Waals surface area contributed by atoms with Crippen molar-refractivity contribution >= 4 is 40.4 Å². The molecule has 10 heteroatoms. The van der Waals surface area contributed by atoms with Crippen molar-refractivity contribution < 1.29 is 19.4 Å². The molecule has 2 aromatic carbocycles. The van der Waals surface area contributed by atoms with E-state index in [2.05, 4.69) is 16.3 Å². The van der Waals surface area contributed by atoms with E-state index in [4.69, 9.17) is 26.4 Å². The van der Waals surface area contributed by atoms with Crippen LogP contribution in [0.2, 0.25) is 5.02 Å². The summed E-state index contributed by atoms with van der Waals surface area (Å²) in [4.78, 5) is 28.4. The summed E-state index contributed by atoms with van der Waals surface area (Å²) in [5.74, 6) is -0.326. The van der Waals surface area contributed by atoms with Crippen LogP contribution in [-0.4, -0.2) is 43.4 Å². The number of carboxylic acid groups (broad SMARTS) is 1. The smallest absolute Gasteiger partial charge is 0.377 e. The number of carbonyl (C=O) groups is 2. The van der Waals surface area contributed by atoms with Gasteiger partial charge in [0, 0.05) is 33.0 Å². The van der Waals surface area contributed by atoms with Gasteiger partial charge >= 0.3 is 5.97 Å². The van der Waals surface area contributed by atoms with Gasteiger partial charge in [-0.3, -0.25) is 14.4 Å². The Labute approximate surface area is 215 Å². The van der Waals surface area contributed by atoms with E-state index < -0.39 is 11.8 Å². The molecule has 3 heterocycles. The number of benzene rings is 2. The Morgan fingerprint density at radius 3 is 2.61 bits per heavy atom. The van der Waals surface area contributed by atoms with Gasteiger partial charge in [-0.25, -0.2) is 4.79 Å². The zero-order valence-electron chi connectivity index (χ0n) is 19.4. The number of hydrogen-bond acceptors (Lipinski definition) is 7. The molecule has 1 N–H and O–H groups in total. The molecule has 1 unspecified atom stereocenters. The average Bonchev–Trinajstić information content (AvgIpc) is 3.38. The van der Waals surface area contributed by atoms with Crippen molar-refractivity contribution in [2.45, 2.75) is 32.9 Å². The summed E-state index contributed by atoms with van der Waals surface area (Å²) in [6.45, 7) is 4.28. The highest BCUT2D eigenvalue weighted by atomic mass is 35.5. The molecule has 2 aromatic heterocycles. The standard InChI is InChI=1S/C26H21ClN4O4S/c1-14(35-17-9-7-16(8-10-17)24(32)26(33)34)11-18-12-20-23(19-5-3-4-6-21(19)27)28-13-22-30-29-15(2)31(22)25(20)36-18/h3-10,12,14H,11,13H2,1-2H3,(H,33,34). The highest BCUT2D eigenvalue weighted by molar-refractivity contribution is 7.15. The number of rotatable bonds is 7. The SMILES string of the molecule is Cc1nnc2n1-c1sc(CC(C)Oc3ccc(C(=O)C(=O)O)cc3)cc1C(c1ccccc1Cl)=NC2. The van der Waals surface area contributed by atoms with Gasteiger partial charge in [0.15, 0.2) is 5.82 Å². The van der Waals surface area contributed by atoms with Crippen molar-refractivity contribution in [3.05, 3.63) is 92.8 Å². The lowest BCUT2D eigenvalue weighted by Gasteiger charge is -2.14. The summed E-state index contributed by atoms with van der Waals surface area (Å²) >= 11 is 8.17. The summed E-state index contributed by atoms with van der Waals surface area (Å²) in [5.41, 5.74) is 2.75. The minimum Gasteiger partial charge on any atom is -0.490 e. The highest BCUT2D eigenvalue weighted by Crippen LogP contribution is 2.35. The van der Waals surface area contributed by atoms with Gasteiger partial charge < -0.3 is 9.84 Å². The van der Waals surface area contributed by atoms with E-state index in [-0.39, 0.29) is 11.7 Å². The molecule has 0 radical (unpaired) electrons. The van der Waals surface area contributed by atoms with Crippen LogP contribution in [0.5, 0.6) is 5.75 Å². The number of carboxylic acids is 1. The molecule has 1 aliphatic rings. The maximum atomic E-state index is 11.6. The third-order valence-corrected chi connectivity index (χ3v) is 7.23. The van der Waals surface area contributed by atoms with Gasteiger partial charge in [-0.1, -0.05) is 29.8 Å². The largest absolute Gasteiger partial charge is 0.490 e. The number of nitrogens with zero attached hydrogens (tertiary/aromatic N) is 4. The van der Waals surface area contributed by atoms with Crippen LogP contribution in [0.1, 0.15) is 44.9 Å². The summed E-state index contributed by atoms with van der Waals surface area (Å²) in [6, 6.07) is 15.9. The van der Waals surface area contributed by atoms with Crippen LogP contribution in [-0.2, 0) is 17.8 Å².